The molecule has 0 aliphatic carbocycles. The van der Waals surface area contributed by atoms with Crippen molar-refractivity contribution >= 4 is 21.6 Å². The first-order valence-electron chi connectivity index (χ1n) is 10.8. The average molecular weight is 507 g/mol. The fraction of sp³-hybridized carbons (Fsp3) is 0.240. The van der Waals surface area contributed by atoms with Gasteiger partial charge in [-0.15, -0.1) is 0 Å². The fourth-order valence-electron chi connectivity index (χ4n) is 3.85. The van der Waals surface area contributed by atoms with Gasteiger partial charge in [0, 0.05) is 17.9 Å². The van der Waals surface area contributed by atoms with Crippen molar-refractivity contribution < 1.29 is 31.5 Å². The van der Waals surface area contributed by atoms with E-state index in [2.05, 4.69) is 5.32 Å². The zero-order valence-electron chi connectivity index (χ0n) is 18.9. The summed E-state index contributed by atoms with van der Waals surface area (Å²) in [5.41, 5.74) is 1.13. The van der Waals surface area contributed by atoms with Crippen LogP contribution in [0.5, 0.6) is 0 Å². The topological polar surface area (TPSA) is 109 Å². The molecule has 1 amide bonds. The summed E-state index contributed by atoms with van der Waals surface area (Å²) >= 11 is 0. The van der Waals surface area contributed by atoms with E-state index < -0.39 is 27.7 Å². The Morgan fingerprint density at radius 1 is 1.00 bits per heavy atom. The number of halogens is 3. The highest BCUT2D eigenvalue weighted by atomic mass is 32.2. The van der Waals surface area contributed by atoms with E-state index in [9.17, 15) is 26.4 Å². The molecule has 0 radical (unpaired) electrons. The molecule has 0 heterocycles. The number of nitrogens with one attached hydrogen (secondary N) is 1. The Bertz CT molecular complexity index is 1340. The summed E-state index contributed by atoms with van der Waals surface area (Å²) in [7, 11) is -3.93. The quantitative estimate of drug-likeness (QED) is 0.378. The molecular weight excluding hydrogens is 481 g/mol. The van der Waals surface area contributed by atoms with Crippen molar-refractivity contribution in [1.82, 2.24) is 0 Å². The number of primary sulfonamides is 1. The largest absolute Gasteiger partial charge is 0.417 e. The number of hydrogen-bond donors (Lipinski definition) is 3. The van der Waals surface area contributed by atoms with Crippen LogP contribution in [-0.4, -0.2) is 26.0 Å². The molecule has 0 spiro atoms. The van der Waals surface area contributed by atoms with Crippen LogP contribution < -0.4 is 10.5 Å². The predicted octanol–water partition coefficient (Wildman–Crippen LogP) is 4.90. The van der Waals surface area contributed by atoms with Crippen LogP contribution in [-0.2, 0) is 22.6 Å². The second kappa shape index (κ2) is 10.6. The van der Waals surface area contributed by atoms with Crippen molar-refractivity contribution in [3.8, 4) is 11.1 Å². The van der Waals surface area contributed by atoms with Gasteiger partial charge in [-0.1, -0.05) is 24.3 Å². The molecule has 186 valence electrons. The van der Waals surface area contributed by atoms with Crippen LogP contribution in [0, 0.1) is 6.92 Å². The van der Waals surface area contributed by atoms with Crippen molar-refractivity contribution in [3.05, 3.63) is 82.9 Å². The van der Waals surface area contributed by atoms with Crippen LogP contribution in [0.15, 0.2) is 65.6 Å². The number of rotatable bonds is 8. The van der Waals surface area contributed by atoms with Gasteiger partial charge in [0.1, 0.15) is 0 Å². The molecule has 3 rings (SSSR count). The highest BCUT2D eigenvalue weighted by Gasteiger charge is 2.33. The first-order valence-corrected chi connectivity index (χ1v) is 12.3. The lowest BCUT2D eigenvalue weighted by atomic mass is 9.92. The maximum Gasteiger partial charge on any atom is 0.417 e. The van der Waals surface area contributed by atoms with Crippen LogP contribution in [0.1, 0.15) is 39.9 Å². The molecule has 0 saturated carbocycles. The Kier molecular flexibility index (Phi) is 7.99. The molecule has 0 saturated heterocycles. The first-order chi connectivity index (χ1) is 16.4. The highest BCUT2D eigenvalue weighted by molar-refractivity contribution is 7.89. The van der Waals surface area contributed by atoms with Gasteiger partial charge in [0.05, 0.1) is 10.5 Å². The van der Waals surface area contributed by atoms with Gasteiger partial charge < -0.3 is 10.4 Å². The zero-order chi connectivity index (χ0) is 25.8. The van der Waals surface area contributed by atoms with Crippen molar-refractivity contribution in [2.24, 2.45) is 5.14 Å². The molecule has 0 unspecified atom stereocenters. The molecule has 6 nitrogen and oxygen atoms in total. The number of hydrogen-bond acceptors (Lipinski definition) is 4. The van der Waals surface area contributed by atoms with Crippen molar-refractivity contribution in [1.29, 1.82) is 0 Å². The minimum absolute atomic E-state index is 0.0334. The van der Waals surface area contributed by atoms with Crippen LogP contribution >= 0.6 is 0 Å². The third kappa shape index (κ3) is 6.47. The fourth-order valence-corrected chi connectivity index (χ4v) is 4.61. The van der Waals surface area contributed by atoms with E-state index in [1.54, 1.807) is 6.07 Å². The number of carbonyl (C=O) groups is 1. The number of aliphatic hydroxyl groups excluding tert-OH is 1. The van der Waals surface area contributed by atoms with E-state index in [0.717, 1.165) is 6.07 Å². The summed E-state index contributed by atoms with van der Waals surface area (Å²) in [4.78, 5) is 12.7. The number of aryl methyl sites for hydroxylation is 2. The minimum Gasteiger partial charge on any atom is -0.396 e. The van der Waals surface area contributed by atoms with Crippen molar-refractivity contribution in [2.45, 2.75) is 37.3 Å². The third-order valence-corrected chi connectivity index (χ3v) is 6.55. The van der Waals surface area contributed by atoms with Crippen molar-refractivity contribution in [3.63, 3.8) is 0 Å². The molecule has 0 aliphatic heterocycles. The normalized spacial score (nSPS) is 11.9. The summed E-state index contributed by atoms with van der Waals surface area (Å²) in [6.45, 7) is 1.47. The maximum atomic E-state index is 13.6. The Morgan fingerprint density at radius 3 is 2.34 bits per heavy atom. The van der Waals surface area contributed by atoms with Crippen LogP contribution in [0.25, 0.3) is 11.1 Å². The molecule has 0 aromatic heterocycles. The number of anilines is 1. The zero-order valence-corrected chi connectivity index (χ0v) is 19.7. The number of unbranched alkanes of at least 4 members (excludes halogenated alkanes) is 1. The summed E-state index contributed by atoms with van der Waals surface area (Å²) < 4.78 is 64.0. The van der Waals surface area contributed by atoms with Gasteiger partial charge in [-0.25, -0.2) is 13.6 Å². The highest BCUT2D eigenvalue weighted by Crippen LogP contribution is 2.39. The SMILES string of the molecule is Cc1cc(C(=O)Nc2ccc(-c3ccccc3C(F)(F)F)c(CCCCO)c2)ccc1S(N)(=O)=O. The maximum absolute atomic E-state index is 13.6. The number of alkyl halides is 3. The van der Waals surface area contributed by atoms with Crippen LogP contribution in [0.4, 0.5) is 18.9 Å². The summed E-state index contributed by atoms with van der Waals surface area (Å²) in [5.74, 6) is -0.515. The smallest absolute Gasteiger partial charge is 0.396 e. The Labute approximate surface area is 201 Å². The summed E-state index contributed by atoms with van der Waals surface area (Å²) in [5, 5.41) is 17.0. The van der Waals surface area contributed by atoms with E-state index in [1.165, 1.54) is 55.5 Å². The Balaban J connectivity index is 1.96. The van der Waals surface area contributed by atoms with Gasteiger partial charge in [0.15, 0.2) is 0 Å². The molecule has 0 bridgehead atoms. The average Bonchev–Trinajstić information content (AvgIpc) is 2.78. The summed E-state index contributed by atoms with van der Waals surface area (Å²) in [6, 6.07) is 13.9. The van der Waals surface area contributed by atoms with Crippen LogP contribution in [0.2, 0.25) is 0 Å². The number of carbonyl (C=O) groups excluding carboxylic acids is 1. The van der Waals surface area contributed by atoms with E-state index in [-0.39, 0.29) is 22.6 Å². The molecule has 35 heavy (non-hydrogen) atoms. The standard InChI is InChI=1S/C25H25F3N2O4S/c1-16-14-18(9-12-23(16)35(29,33)34)24(32)30-19-10-11-20(17(15-19)6-4-5-13-31)21-7-2-3-8-22(21)25(26,27)28/h2-3,7-12,14-15,31H,4-6,13H2,1H3,(H,30,32)(H2,29,33,34). The van der Waals surface area contributed by atoms with Gasteiger partial charge in [0.2, 0.25) is 10.0 Å². The first kappa shape index (κ1) is 26.4. The van der Waals surface area contributed by atoms with E-state index >= 15 is 0 Å². The lowest BCUT2D eigenvalue weighted by Crippen LogP contribution is -2.16. The number of aliphatic hydroxyl groups is 1. The lowest BCUT2D eigenvalue weighted by molar-refractivity contribution is -0.137. The molecule has 4 N–H and O–H groups in total. The Morgan fingerprint density at radius 2 is 1.71 bits per heavy atom. The third-order valence-electron chi connectivity index (χ3n) is 5.48. The number of sulfonamides is 1. The number of amides is 1. The molecule has 0 atom stereocenters. The molecule has 10 heteroatoms. The second-order valence-electron chi connectivity index (χ2n) is 8.08. The molecule has 0 aliphatic rings. The molecule has 0 fully saturated rings. The number of benzene rings is 3. The van der Waals surface area contributed by atoms with Gasteiger partial charge in [-0.2, -0.15) is 13.2 Å². The molecule has 3 aromatic rings. The second-order valence-corrected chi connectivity index (χ2v) is 9.61. The minimum atomic E-state index is -4.53. The lowest BCUT2D eigenvalue weighted by Gasteiger charge is -2.17. The predicted molar refractivity (Wildman–Crippen MR) is 127 cm³/mol. The van der Waals surface area contributed by atoms with E-state index in [0.29, 0.717) is 41.6 Å². The van der Waals surface area contributed by atoms with Gasteiger partial charge in [-0.3, -0.25) is 4.79 Å². The number of nitrogens with two attached hydrogens (primary N) is 1. The van der Waals surface area contributed by atoms with Gasteiger partial charge in [-0.05, 0) is 84.8 Å². The monoisotopic (exact) mass is 506 g/mol. The van der Waals surface area contributed by atoms with Crippen LogP contribution in [0.3, 0.4) is 0 Å². The van der Waals surface area contributed by atoms with E-state index in [4.69, 9.17) is 10.2 Å². The molecular formula is C25H25F3N2O4S. The Hall–Kier alpha value is -3.21. The van der Waals surface area contributed by atoms with E-state index in [1.807, 2.05) is 0 Å². The summed E-state index contributed by atoms with van der Waals surface area (Å²) in [6.07, 6.45) is -3.11. The van der Waals surface area contributed by atoms with Gasteiger partial charge >= 0.3 is 6.18 Å². The van der Waals surface area contributed by atoms with Gasteiger partial charge in [0.25, 0.3) is 5.91 Å². The molecule has 3 aromatic carbocycles. The van der Waals surface area contributed by atoms with Crippen molar-refractivity contribution in [2.75, 3.05) is 11.9 Å².